The van der Waals surface area contributed by atoms with Gasteiger partial charge in [-0.1, -0.05) is 158 Å². The highest BCUT2D eigenvalue weighted by Crippen LogP contribution is 2.57. The minimum Gasteiger partial charge on any atom is -0.456 e. The molecule has 0 fully saturated rings. The lowest BCUT2D eigenvalue weighted by Gasteiger charge is -2.33. The van der Waals surface area contributed by atoms with Crippen LogP contribution in [-0.2, 0) is 5.41 Å². The summed E-state index contributed by atoms with van der Waals surface area (Å²) in [4.78, 5) is 15.4. The molecule has 0 saturated carbocycles. The summed E-state index contributed by atoms with van der Waals surface area (Å²) in [6.07, 6.45) is 0. The predicted octanol–water partition coefficient (Wildman–Crippen LogP) is 13.4. The van der Waals surface area contributed by atoms with Crippen LogP contribution in [0.3, 0.4) is 0 Å². The van der Waals surface area contributed by atoms with E-state index in [-0.39, 0.29) is 0 Å². The smallest absolute Gasteiger partial charge is 0.164 e. The number of hydrogen-bond donors (Lipinski definition) is 0. The molecule has 11 aromatic rings. The van der Waals surface area contributed by atoms with Crippen LogP contribution in [0.2, 0.25) is 0 Å². The second-order valence-corrected chi connectivity index (χ2v) is 15.2. The molecule has 1 aliphatic rings. The van der Waals surface area contributed by atoms with Crippen molar-refractivity contribution < 1.29 is 4.42 Å². The molecule has 12 rings (SSSR count). The Morgan fingerprint density at radius 2 is 0.810 bits per heavy atom. The van der Waals surface area contributed by atoms with E-state index in [0.29, 0.717) is 17.5 Å². The van der Waals surface area contributed by atoms with E-state index in [1.807, 2.05) is 0 Å². The standard InChI is InChI=1S/C54H33N3O/c1-3-17-41(18-4-1)54(42-19-5-2-6-20-42)47-22-12-11-21-43(47)44-32-46-45-31-40(27-28-49(45)58-50(46)33-48(44)54)53-56-51(38-25-23-34-13-7-9-15-36(34)29-38)55-52(57-53)39-26-24-35-14-8-10-16-37(35)30-39/h1-33H. The Hall–Kier alpha value is -7.69. The zero-order valence-corrected chi connectivity index (χ0v) is 31.3. The van der Waals surface area contributed by atoms with Crippen LogP contribution in [0.5, 0.6) is 0 Å². The average Bonchev–Trinajstić information content (AvgIpc) is 3.80. The first kappa shape index (κ1) is 32.5. The van der Waals surface area contributed by atoms with Crippen LogP contribution >= 0.6 is 0 Å². The second-order valence-electron chi connectivity index (χ2n) is 15.2. The predicted molar refractivity (Wildman–Crippen MR) is 236 cm³/mol. The third-order valence-electron chi connectivity index (χ3n) is 12.0. The van der Waals surface area contributed by atoms with E-state index in [0.717, 1.165) is 49.4 Å². The topological polar surface area (TPSA) is 51.8 Å². The Bertz CT molecular complexity index is 3270. The highest BCUT2D eigenvalue weighted by molar-refractivity contribution is 6.09. The fraction of sp³-hybridized carbons (Fsp3) is 0.0185. The van der Waals surface area contributed by atoms with Gasteiger partial charge in [-0.2, -0.15) is 0 Å². The van der Waals surface area contributed by atoms with Gasteiger partial charge in [-0.05, 0) is 97.4 Å². The summed E-state index contributed by atoms with van der Waals surface area (Å²) >= 11 is 0. The van der Waals surface area contributed by atoms with Crippen LogP contribution in [0.4, 0.5) is 0 Å². The summed E-state index contributed by atoms with van der Waals surface area (Å²) in [6, 6.07) is 71.0. The zero-order chi connectivity index (χ0) is 38.2. The highest BCUT2D eigenvalue weighted by Gasteiger charge is 2.46. The van der Waals surface area contributed by atoms with Crippen LogP contribution in [0.1, 0.15) is 22.3 Å². The Kier molecular flexibility index (Phi) is 7.11. The van der Waals surface area contributed by atoms with Gasteiger partial charge in [0.1, 0.15) is 11.2 Å². The van der Waals surface area contributed by atoms with Crippen molar-refractivity contribution in [1.82, 2.24) is 15.0 Å². The summed E-state index contributed by atoms with van der Waals surface area (Å²) < 4.78 is 6.75. The van der Waals surface area contributed by atoms with Gasteiger partial charge in [0.15, 0.2) is 17.5 Å². The van der Waals surface area contributed by atoms with Crippen LogP contribution in [-0.4, -0.2) is 15.0 Å². The maximum atomic E-state index is 6.75. The lowest BCUT2D eigenvalue weighted by Crippen LogP contribution is -2.28. The van der Waals surface area contributed by atoms with Gasteiger partial charge in [-0.25, -0.2) is 15.0 Å². The molecule has 0 aliphatic heterocycles. The van der Waals surface area contributed by atoms with Gasteiger partial charge in [-0.3, -0.25) is 0 Å². The first-order valence-corrected chi connectivity index (χ1v) is 19.7. The molecule has 0 saturated heterocycles. The molecule has 0 N–H and O–H groups in total. The molecule has 0 unspecified atom stereocenters. The number of nitrogens with zero attached hydrogens (tertiary/aromatic N) is 3. The molecule has 0 atom stereocenters. The molecule has 0 radical (unpaired) electrons. The molecule has 2 heterocycles. The van der Waals surface area contributed by atoms with Gasteiger partial charge in [0.2, 0.25) is 0 Å². The maximum absolute atomic E-state index is 6.75. The van der Waals surface area contributed by atoms with E-state index in [1.165, 1.54) is 44.2 Å². The Morgan fingerprint density at radius 1 is 0.328 bits per heavy atom. The zero-order valence-electron chi connectivity index (χ0n) is 31.3. The quantitative estimate of drug-likeness (QED) is 0.176. The monoisotopic (exact) mass is 739 g/mol. The minimum atomic E-state index is -0.504. The highest BCUT2D eigenvalue weighted by atomic mass is 16.3. The summed E-state index contributed by atoms with van der Waals surface area (Å²) in [5.74, 6) is 1.86. The molecule has 0 spiro atoms. The van der Waals surface area contributed by atoms with E-state index in [4.69, 9.17) is 19.4 Å². The molecule has 4 nitrogen and oxygen atoms in total. The van der Waals surface area contributed by atoms with Crippen molar-refractivity contribution in [2.75, 3.05) is 0 Å². The average molecular weight is 740 g/mol. The van der Waals surface area contributed by atoms with Gasteiger partial charge in [0.05, 0.1) is 5.41 Å². The van der Waals surface area contributed by atoms with Crippen LogP contribution in [0, 0.1) is 0 Å². The number of hydrogen-bond acceptors (Lipinski definition) is 4. The molecule has 9 aromatic carbocycles. The molecule has 58 heavy (non-hydrogen) atoms. The van der Waals surface area contributed by atoms with Crippen molar-refractivity contribution in [3.8, 4) is 45.3 Å². The van der Waals surface area contributed by atoms with E-state index in [9.17, 15) is 0 Å². The minimum absolute atomic E-state index is 0.504. The lowest BCUT2D eigenvalue weighted by atomic mass is 9.67. The largest absolute Gasteiger partial charge is 0.456 e. The maximum Gasteiger partial charge on any atom is 0.164 e. The van der Waals surface area contributed by atoms with Crippen LogP contribution in [0.15, 0.2) is 205 Å². The molecule has 1 aliphatic carbocycles. The van der Waals surface area contributed by atoms with E-state index >= 15 is 0 Å². The third kappa shape index (κ3) is 4.92. The number of fused-ring (bicyclic) bond motifs is 8. The Morgan fingerprint density at radius 3 is 1.41 bits per heavy atom. The SMILES string of the molecule is c1ccc(C2(c3ccccc3)c3ccccc3-c3cc4c(cc32)oc2ccc(-c3nc(-c5ccc6ccccc6c5)nc(-c5ccc6ccccc6c5)n3)cc24)cc1. The number of benzene rings is 9. The van der Waals surface area contributed by atoms with Crippen molar-refractivity contribution in [3.63, 3.8) is 0 Å². The Balaban J connectivity index is 1.07. The molecule has 2 aromatic heterocycles. The molecule has 4 heteroatoms. The second kappa shape index (κ2) is 12.7. The fourth-order valence-electron chi connectivity index (χ4n) is 9.27. The number of aromatic nitrogens is 3. The number of furan rings is 1. The van der Waals surface area contributed by atoms with Crippen molar-refractivity contribution in [2.24, 2.45) is 0 Å². The summed E-state index contributed by atoms with van der Waals surface area (Å²) in [5.41, 5.74) is 11.3. The van der Waals surface area contributed by atoms with Gasteiger partial charge in [-0.15, -0.1) is 0 Å². The van der Waals surface area contributed by atoms with Gasteiger partial charge in [0.25, 0.3) is 0 Å². The van der Waals surface area contributed by atoms with Gasteiger partial charge >= 0.3 is 0 Å². The first-order valence-electron chi connectivity index (χ1n) is 19.7. The van der Waals surface area contributed by atoms with Crippen molar-refractivity contribution in [1.29, 1.82) is 0 Å². The number of rotatable bonds is 5. The summed E-state index contributed by atoms with van der Waals surface area (Å²) in [6.45, 7) is 0. The van der Waals surface area contributed by atoms with Crippen molar-refractivity contribution >= 4 is 43.5 Å². The van der Waals surface area contributed by atoms with Crippen LogP contribution in [0.25, 0.3) is 88.8 Å². The van der Waals surface area contributed by atoms with Gasteiger partial charge in [0, 0.05) is 27.5 Å². The first-order chi connectivity index (χ1) is 28.7. The van der Waals surface area contributed by atoms with E-state index in [1.54, 1.807) is 0 Å². The van der Waals surface area contributed by atoms with Crippen molar-refractivity contribution in [3.05, 3.63) is 222 Å². The molecule has 0 bridgehead atoms. The molecule has 270 valence electrons. The summed E-state index contributed by atoms with van der Waals surface area (Å²) in [5, 5.41) is 6.69. The molecular weight excluding hydrogens is 707 g/mol. The van der Waals surface area contributed by atoms with E-state index in [2.05, 4.69) is 200 Å². The van der Waals surface area contributed by atoms with Gasteiger partial charge < -0.3 is 4.42 Å². The molecular formula is C54H33N3O. The van der Waals surface area contributed by atoms with Crippen LogP contribution < -0.4 is 0 Å². The summed E-state index contributed by atoms with van der Waals surface area (Å²) in [7, 11) is 0. The van der Waals surface area contributed by atoms with Crippen molar-refractivity contribution in [2.45, 2.75) is 5.41 Å². The Labute approximate surface area is 334 Å². The molecule has 0 amide bonds. The third-order valence-corrected chi connectivity index (χ3v) is 12.0. The fourth-order valence-corrected chi connectivity index (χ4v) is 9.27. The normalized spacial score (nSPS) is 13.0. The lowest BCUT2D eigenvalue weighted by molar-refractivity contribution is 0.666. The van der Waals surface area contributed by atoms with E-state index < -0.39 is 5.41 Å².